The van der Waals surface area contributed by atoms with Crippen LogP contribution in [-0.2, 0) is 18.3 Å². The molecule has 1 aromatic carbocycles. The van der Waals surface area contributed by atoms with Gasteiger partial charge in [-0.05, 0) is 30.4 Å². The molecule has 1 aromatic heterocycles. The number of amides is 1. The molecular formula is C20H26N4O3. The second kappa shape index (κ2) is 8.70. The average molecular weight is 370 g/mol. The third kappa shape index (κ3) is 4.87. The molecule has 1 fully saturated rings. The summed E-state index contributed by atoms with van der Waals surface area (Å²) in [5, 5.41) is 7.11. The van der Waals surface area contributed by atoms with Crippen molar-refractivity contribution in [2.75, 3.05) is 31.6 Å². The van der Waals surface area contributed by atoms with Crippen LogP contribution in [0.1, 0.15) is 18.4 Å². The van der Waals surface area contributed by atoms with Crippen molar-refractivity contribution < 1.29 is 9.53 Å². The second-order valence-electron chi connectivity index (χ2n) is 6.89. The van der Waals surface area contributed by atoms with Crippen LogP contribution in [0.25, 0.3) is 0 Å². The molecule has 0 bridgehead atoms. The molecule has 0 aliphatic carbocycles. The summed E-state index contributed by atoms with van der Waals surface area (Å²) in [6.45, 7) is 2.35. The van der Waals surface area contributed by atoms with Gasteiger partial charge in [-0.3, -0.25) is 9.59 Å². The van der Waals surface area contributed by atoms with Crippen LogP contribution >= 0.6 is 0 Å². The van der Waals surface area contributed by atoms with Crippen LogP contribution in [0.2, 0.25) is 0 Å². The zero-order valence-corrected chi connectivity index (χ0v) is 15.9. The summed E-state index contributed by atoms with van der Waals surface area (Å²) in [7, 11) is 3.28. The van der Waals surface area contributed by atoms with Crippen molar-refractivity contribution in [3.05, 3.63) is 52.4 Å². The summed E-state index contributed by atoms with van der Waals surface area (Å²) >= 11 is 0. The number of methoxy groups -OCH3 is 1. The summed E-state index contributed by atoms with van der Waals surface area (Å²) in [6, 6.07) is 9.38. The molecule has 1 aliphatic heterocycles. The van der Waals surface area contributed by atoms with E-state index in [1.54, 1.807) is 26.4 Å². The summed E-state index contributed by atoms with van der Waals surface area (Å²) < 4.78 is 6.64. The smallest absolute Gasteiger partial charge is 0.268 e. The van der Waals surface area contributed by atoms with Crippen LogP contribution in [0.5, 0.6) is 5.75 Å². The average Bonchev–Trinajstić information content (AvgIpc) is 3.16. The van der Waals surface area contributed by atoms with E-state index in [0.717, 1.165) is 36.5 Å². The van der Waals surface area contributed by atoms with Gasteiger partial charge in [0.05, 0.1) is 19.0 Å². The lowest BCUT2D eigenvalue weighted by Gasteiger charge is -2.18. The van der Waals surface area contributed by atoms with E-state index in [9.17, 15) is 9.59 Å². The number of nitrogens with zero attached hydrogens (tertiary/aromatic N) is 3. The minimum Gasteiger partial charge on any atom is -0.496 e. The normalized spacial score (nSPS) is 16.4. The van der Waals surface area contributed by atoms with Gasteiger partial charge in [-0.1, -0.05) is 18.2 Å². The summed E-state index contributed by atoms with van der Waals surface area (Å²) in [5.74, 6) is 1.25. The highest BCUT2D eigenvalue weighted by Crippen LogP contribution is 2.22. The van der Waals surface area contributed by atoms with Crippen LogP contribution in [0.4, 0.5) is 5.69 Å². The zero-order chi connectivity index (χ0) is 19.2. The summed E-state index contributed by atoms with van der Waals surface area (Å²) in [6.07, 6.45) is 3.80. The van der Waals surface area contributed by atoms with E-state index in [1.165, 1.54) is 4.68 Å². The molecule has 1 atom stereocenters. The monoisotopic (exact) mass is 370 g/mol. The second-order valence-corrected chi connectivity index (χ2v) is 6.89. The van der Waals surface area contributed by atoms with E-state index in [0.29, 0.717) is 25.3 Å². The number of aryl methyl sites for hydroxylation is 2. The Morgan fingerprint density at radius 3 is 2.96 bits per heavy atom. The molecule has 1 amide bonds. The highest BCUT2D eigenvalue weighted by atomic mass is 16.5. The molecule has 2 heterocycles. The third-order valence-electron chi connectivity index (χ3n) is 5.01. The Morgan fingerprint density at radius 1 is 1.37 bits per heavy atom. The van der Waals surface area contributed by atoms with Crippen molar-refractivity contribution in [3.63, 3.8) is 0 Å². The van der Waals surface area contributed by atoms with Crippen molar-refractivity contribution in [3.8, 4) is 5.75 Å². The number of nitrogens with one attached hydrogen (secondary N) is 1. The molecule has 0 spiro atoms. The van der Waals surface area contributed by atoms with Crippen LogP contribution in [0.15, 0.2) is 41.3 Å². The first kappa shape index (κ1) is 18.9. The molecule has 2 aromatic rings. The molecule has 7 heteroatoms. The van der Waals surface area contributed by atoms with Crippen molar-refractivity contribution >= 4 is 11.6 Å². The van der Waals surface area contributed by atoms with Crippen molar-refractivity contribution in [1.82, 2.24) is 15.1 Å². The Kier molecular flexibility index (Phi) is 6.11. The third-order valence-corrected chi connectivity index (χ3v) is 5.01. The SMILES string of the molecule is COc1ccccc1CCC(=O)NC[C@@H]1CCN(c2cnn(C)c(=O)c2)C1. The molecule has 0 radical (unpaired) electrons. The molecule has 0 saturated carbocycles. The number of hydrogen-bond acceptors (Lipinski definition) is 5. The number of benzene rings is 1. The number of ether oxygens (including phenoxy) is 1. The van der Waals surface area contributed by atoms with Gasteiger partial charge in [-0.2, -0.15) is 5.10 Å². The predicted molar refractivity (Wildman–Crippen MR) is 104 cm³/mol. The molecule has 27 heavy (non-hydrogen) atoms. The molecule has 1 aliphatic rings. The standard InChI is InChI=1S/C20H26N4O3/c1-23-20(26)11-17(13-22-23)24-10-9-15(14-24)12-21-19(25)8-7-16-5-3-4-6-18(16)27-2/h3-6,11,13,15H,7-10,12,14H2,1-2H3,(H,21,25)/t15-/m0/s1. The summed E-state index contributed by atoms with van der Waals surface area (Å²) in [4.78, 5) is 26.1. The van der Waals surface area contributed by atoms with Crippen molar-refractivity contribution in [2.45, 2.75) is 19.3 Å². The summed E-state index contributed by atoms with van der Waals surface area (Å²) in [5.41, 5.74) is 1.78. The van der Waals surface area contributed by atoms with Crippen LogP contribution in [-0.4, -0.2) is 42.4 Å². The fraction of sp³-hybridized carbons (Fsp3) is 0.450. The van der Waals surface area contributed by atoms with E-state index in [4.69, 9.17) is 4.74 Å². The molecule has 1 N–H and O–H groups in total. The highest BCUT2D eigenvalue weighted by molar-refractivity contribution is 5.76. The van der Waals surface area contributed by atoms with Crippen LogP contribution in [0, 0.1) is 5.92 Å². The number of rotatable bonds is 7. The van der Waals surface area contributed by atoms with Gasteiger partial charge in [0.25, 0.3) is 5.56 Å². The van der Waals surface area contributed by atoms with E-state index in [-0.39, 0.29) is 11.5 Å². The lowest BCUT2D eigenvalue weighted by Crippen LogP contribution is -2.31. The number of carbonyl (C=O) groups excluding carboxylic acids is 1. The van der Waals surface area contributed by atoms with Gasteiger partial charge in [-0.15, -0.1) is 0 Å². The zero-order valence-electron chi connectivity index (χ0n) is 15.9. The number of aromatic nitrogens is 2. The first-order valence-corrected chi connectivity index (χ1v) is 9.23. The largest absolute Gasteiger partial charge is 0.496 e. The Labute approximate surface area is 158 Å². The maximum absolute atomic E-state index is 12.2. The lowest BCUT2D eigenvalue weighted by atomic mass is 10.1. The van der Waals surface area contributed by atoms with Crippen molar-refractivity contribution in [2.24, 2.45) is 13.0 Å². The van der Waals surface area contributed by atoms with Gasteiger partial charge in [0, 0.05) is 39.2 Å². The quantitative estimate of drug-likeness (QED) is 0.797. The van der Waals surface area contributed by atoms with Gasteiger partial charge in [0.1, 0.15) is 5.75 Å². The van der Waals surface area contributed by atoms with E-state index in [2.05, 4.69) is 15.3 Å². The van der Waals surface area contributed by atoms with E-state index >= 15 is 0 Å². The molecule has 3 rings (SSSR count). The first-order valence-electron chi connectivity index (χ1n) is 9.23. The predicted octanol–water partition coefficient (Wildman–Crippen LogP) is 1.36. The number of para-hydroxylation sites is 1. The van der Waals surface area contributed by atoms with Crippen LogP contribution in [0.3, 0.4) is 0 Å². The van der Waals surface area contributed by atoms with Crippen molar-refractivity contribution in [1.29, 1.82) is 0 Å². The maximum Gasteiger partial charge on any atom is 0.268 e. The minimum atomic E-state index is -0.111. The molecule has 1 saturated heterocycles. The van der Waals surface area contributed by atoms with Gasteiger partial charge in [0.2, 0.25) is 5.91 Å². The lowest BCUT2D eigenvalue weighted by molar-refractivity contribution is -0.121. The number of hydrogen-bond donors (Lipinski definition) is 1. The van der Waals surface area contributed by atoms with E-state index in [1.807, 2.05) is 24.3 Å². The van der Waals surface area contributed by atoms with Gasteiger partial charge < -0.3 is 15.0 Å². The fourth-order valence-corrected chi connectivity index (χ4v) is 3.37. The molecular weight excluding hydrogens is 344 g/mol. The van der Waals surface area contributed by atoms with Gasteiger partial charge in [0.15, 0.2) is 0 Å². The topological polar surface area (TPSA) is 76.5 Å². The van der Waals surface area contributed by atoms with E-state index < -0.39 is 0 Å². The number of anilines is 1. The minimum absolute atomic E-state index is 0.0506. The molecule has 7 nitrogen and oxygen atoms in total. The highest BCUT2D eigenvalue weighted by Gasteiger charge is 2.23. The Morgan fingerprint density at radius 2 is 2.19 bits per heavy atom. The Balaban J connectivity index is 1.44. The maximum atomic E-state index is 12.2. The first-order chi connectivity index (χ1) is 13.1. The number of carbonyl (C=O) groups is 1. The molecule has 0 unspecified atom stereocenters. The Hall–Kier alpha value is -2.83. The Bertz CT molecular complexity index is 849. The fourth-order valence-electron chi connectivity index (χ4n) is 3.37. The molecule has 144 valence electrons. The van der Waals surface area contributed by atoms with Gasteiger partial charge >= 0.3 is 0 Å². The van der Waals surface area contributed by atoms with Gasteiger partial charge in [-0.25, -0.2) is 4.68 Å². The van der Waals surface area contributed by atoms with Crippen LogP contribution < -0.4 is 20.5 Å².